The lowest BCUT2D eigenvalue weighted by Gasteiger charge is -2.29. The van der Waals surface area contributed by atoms with E-state index in [2.05, 4.69) is 41.6 Å². The van der Waals surface area contributed by atoms with Crippen LogP contribution in [-0.4, -0.2) is 4.98 Å². The normalized spacial score (nSPS) is 22.8. The first-order chi connectivity index (χ1) is 9.17. The molecule has 1 unspecified atom stereocenters. The van der Waals surface area contributed by atoms with Crippen LogP contribution in [0.3, 0.4) is 0 Å². The molecule has 3 rings (SSSR count). The van der Waals surface area contributed by atoms with Gasteiger partial charge in [0.15, 0.2) is 0 Å². The molecule has 0 fully saturated rings. The fourth-order valence-electron chi connectivity index (χ4n) is 3.11. The van der Waals surface area contributed by atoms with Crippen molar-refractivity contribution in [2.24, 2.45) is 5.73 Å². The Labute approximate surface area is 118 Å². The molecule has 0 spiro atoms. The third-order valence-corrected chi connectivity index (χ3v) is 4.86. The number of hydrogen-bond acceptors (Lipinski definition) is 3. The van der Waals surface area contributed by atoms with Gasteiger partial charge in [-0.15, -0.1) is 11.3 Å². The van der Waals surface area contributed by atoms with Crippen LogP contribution in [0.5, 0.6) is 0 Å². The Hall–Kier alpha value is -1.19. The van der Waals surface area contributed by atoms with Crippen molar-refractivity contribution in [3.05, 3.63) is 51.5 Å². The van der Waals surface area contributed by atoms with Gasteiger partial charge in [0, 0.05) is 17.3 Å². The molecule has 2 nitrogen and oxygen atoms in total. The maximum absolute atomic E-state index is 6.78. The van der Waals surface area contributed by atoms with Crippen LogP contribution in [0.4, 0.5) is 0 Å². The van der Waals surface area contributed by atoms with Crippen LogP contribution in [0.25, 0.3) is 0 Å². The van der Waals surface area contributed by atoms with Crippen molar-refractivity contribution in [3.63, 3.8) is 0 Å². The van der Waals surface area contributed by atoms with Crippen molar-refractivity contribution in [2.45, 2.75) is 44.6 Å². The Kier molecular flexibility index (Phi) is 3.42. The first-order valence-electron chi connectivity index (χ1n) is 6.96. The quantitative estimate of drug-likeness (QED) is 0.849. The summed E-state index contributed by atoms with van der Waals surface area (Å²) in [5.41, 5.74) is 10.4. The van der Waals surface area contributed by atoms with Crippen molar-refractivity contribution >= 4 is 11.3 Å². The zero-order valence-electron chi connectivity index (χ0n) is 11.4. The summed E-state index contributed by atoms with van der Waals surface area (Å²) >= 11 is 1.71. The van der Waals surface area contributed by atoms with Gasteiger partial charge >= 0.3 is 0 Å². The third kappa shape index (κ3) is 2.58. The molecule has 3 heteroatoms. The van der Waals surface area contributed by atoms with Crippen LogP contribution in [0.2, 0.25) is 0 Å². The molecule has 1 aromatic heterocycles. The number of aromatic nitrogens is 1. The van der Waals surface area contributed by atoms with Gasteiger partial charge in [0.1, 0.15) is 0 Å². The average Bonchev–Trinajstić information content (AvgIpc) is 2.72. The molecule has 0 aliphatic heterocycles. The van der Waals surface area contributed by atoms with E-state index >= 15 is 0 Å². The number of aryl methyl sites for hydroxylation is 2. The van der Waals surface area contributed by atoms with Crippen LogP contribution < -0.4 is 5.73 Å². The predicted molar refractivity (Wildman–Crippen MR) is 80.4 cm³/mol. The average molecular weight is 272 g/mol. The SMILES string of the molecule is Cc1nc(CC2(N)CCCCc3ccccc32)cs1. The highest BCUT2D eigenvalue weighted by Crippen LogP contribution is 2.34. The summed E-state index contributed by atoms with van der Waals surface area (Å²) in [7, 11) is 0. The van der Waals surface area contributed by atoms with Gasteiger partial charge in [-0.05, 0) is 37.3 Å². The molecule has 2 N–H and O–H groups in total. The van der Waals surface area contributed by atoms with Gasteiger partial charge in [-0.25, -0.2) is 4.98 Å². The van der Waals surface area contributed by atoms with Crippen molar-refractivity contribution in [1.29, 1.82) is 0 Å². The number of benzene rings is 1. The molecule has 1 heterocycles. The van der Waals surface area contributed by atoms with Crippen LogP contribution in [0, 0.1) is 6.92 Å². The highest BCUT2D eigenvalue weighted by molar-refractivity contribution is 7.09. The molecule has 1 aliphatic carbocycles. The van der Waals surface area contributed by atoms with E-state index in [4.69, 9.17) is 5.73 Å². The molecule has 100 valence electrons. The number of thiazole rings is 1. The van der Waals surface area contributed by atoms with Crippen molar-refractivity contribution in [1.82, 2.24) is 4.98 Å². The van der Waals surface area contributed by atoms with Crippen LogP contribution in [0.15, 0.2) is 29.6 Å². The fourth-order valence-corrected chi connectivity index (χ4v) is 3.72. The van der Waals surface area contributed by atoms with Crippen molar-refractivity contribution < 1.29 is 0 Å². The number of rotatable bonds is 2. The fraction of sp³-hybridized carbons (Fsp3) is 0.438. The summed E-state index contributed by atoms with van der Waals surface area (Å²) in [5, 5.41) is 3.28. The molecular weight excluding hydrogens is 252 g/mol. The predicted octanol–water partition coefficient (Wildman–Crippen LogP) is 3.57. The van der Waals surface area contributed by atoms with Gasteiger partial charge < -0.3 is 5.73 Å². The maximum Gasteiger partial charge on any atom is 0.0897 e. The van der Waals surface area contributed by atoms with Crippen molar-refractivity contribution in [3.8, 4) is 0 Å². The Morgan fingerprint density at radius 1 is 1.32 bits per heavy atom. The Morgan fingerprint density at radius 2 is 2.16 bits per heavy atom. The standard InChI is InChI=1S/C16H20N2S/c1-12-18-14(11-19-12)10-16(17)9-5-4-7-13-6-2-3-8-15(13)16/h2-3,6,8,11H,4-5,7,9-10,17H2,1H3. The molecular formula is C16H20N2S. The van der Waals surface area contributed by atoms with Crippen LogP contribution in [-0.2, 0) is 18.4 Å². The molecule has 1 aromatic carbocycles. The first kappa shape index (κ1) is 12.8. The molecule has 2 aromatic rings. The van der Waals surface area contributed by atoms with Gasteiger partial charge in [0.25, 0.3) is 0 Å². The molecule has 0 amide bonds. The summed E-state index contributed by atoms with van der Waals surface area (Å²) in [6.07, 6.45) is 5.51. The second kappa shape index (κ2) is 5.06. The molecule has 19 heavy (non-hydrogen) atoms. The highest BCUT2D eigenvalue weighted by Gasteiger charge is 2.31. The van der Waals surface area contributed by atoms with E-state index < -0.39 is 0 Å². The molecule has 0 bridgehead atoms. The highest BCUT2D eigenvalue weighted by atomic mass is 32.1. The summed E-state index contributed by atoms with van der Waals surface area (Å²) < 4.78 is 0. The van der Waals surface area contributed by atoms with Gasteiger partial charge in [0.05, 0.1) is 10.7 Å². The molecule has 0 saturated heterocycles. The molecule has 0 saturated carbocycles. The van der Waals surface area contributed by atoms with Gasteiger partial charge in [0.2, 0.25) is 0 Å². The Balaban J connectivity index is 1.97. The minimum atomic E-state index is -0.242. The lowest BCUT2D eigenvalue weighted by atomic mass is 9.82. The number of nitrogens with two attached hydrogens (primary N) is 1. The smallest absolute Gasteiger partial charge is 0.0897 e. The largest absolute Gasteiger partial charge is 0.321 e. The minimum Gasteiger partial charge on any atom is -0.321 e. The van der Waals surface area contributed by atoms with E-state index in [1.54, 1.807) is 11.3 Å². The van der Waals surface area contributed by atoms with Crippen LogP contribution in [0.1, 0.15) is 41.1 Å². The van der Waals surface area contributed by atoms with Crippen molar-refractivity contribution in [2.75, 3.05) is 0 Å². The third-order valence-electron chi connectivity index (χ3n) is 4.04. The van der Waals surface area contributed by atoms with E-state index in [-0.39, 0.29) is 5.54 Å². The zero-order valence-corrected chi connectivity index (χ0v) is 12.2. The van der Waals surface area contributed by atoms with E-state index in [0.29, 0.717) is 0 Å². The summed E-state index contributed by atoms with van der Waals surface area (Å²) in [6.45, 7) is 2.05. The lowest BCUT2D eigenvalue weighted by molar-refractivity contribution is 0.395. The summed E-state index contributed by atoms with van der Waals surface area (Å²) in [6, 6.07) is 8.67. The van der Waals surface area contributed by atoms with E-state index in [9.17, 15) is 0 Å². The summed E-state index contributed by atoms with van der Waals surface area (Å²) in [4.78, 5) is 4.59. The van der Waals surface area contributed by atoms with E-state index in [1.807, 2.05) is 0 Å². The van der Waals surface area contributed by atoms with Gasteiger partial charge in [-0.3, -0.25) is 0 Å². The van der Waals surface area contributed by atoms with Crippen LogP contribution >= 0.6 is 11.3 Å². The van der Waals surface area contributed by atoms with E-state index in [1.165, 1.54) is 24.0 Å². The maximum atomic E-state index is 6.78. The minimum absolute atomic E-state index is 0.242. The van der Waals surface area contributed by atoms with Gasteiger partial charge in [-0.2, -0.15) is 0 Å². The number of fused-ring (bicyclic) bond motifs is 1. The molecule has 0 radical (unpaired) electrons. The second-order valence-corrected chi connectivity index (χ2v) is 6.62. The number of hydrogen-bond donors (Lipinski definition) is 1. The monoisotopic (exact) mass is 272 g/mol. The lowest BCUT2D eigenvalue weighted by Crippen LogP contribution is -2.39. The van der Waals surface area contributed by atoms with Gasteiger partial charge in [-0.1, -0.05) is 30.7 Å². The molecule has 1 aliphatic rings. The Bertz CT molecular complexity index is 576. The first-order valence-corrected chi connectivity index (χ1v) is 7.84. The zero-order chi connectivity index (χ0) is 13.3. The Morgan fingerprint density at radius 3 is 2.95 bits per heavy atom. The topological polar surface area (TPSA) is 38.9 Å². The van der Waals surface area contributed by atoms with E-state index in [0.717, 1.165) is 30.0 Å². The summed E-state index contributed by atoms with van der Waals surface area (Å²) in [5.74, 6) is 0. The number of nitrogens with zero attached hydrogens (tertiary/aromatic N) is 1. The second-order valence-electron chi connectivity index (χ2n) is 5.56. The molecule has 1 atom stereocenters.